The molecule has 1 atom stereocenters. The number of amides is 1. The molecular weight excluding hydrogens is 322 g/mol. The number of nitrogens with zero attached hydrogens (tertiary/aromatic N) is 3. The van der Waals surface area contributed by atoms with Gasteiger partial charge in [-0.05, 0) is 42.5 Å². The Morgan fingerprint density at radius 3 is 2.88 bits per heavy atom. The molecule has 5 heteroatoms. The van der Waals surface area contributed by atoms with Crippen molar-refractivity contribution in [3.8, 4) is 0 Å². The molecule has 0 bridgehead atoms. The summed E-state index contributed by atoms with van der Waals surface area (Å²) in [4.78, 5) is 14.8. The molecule has 4 nitrogen and oxygen atoms in total. The number of hydrogen-bond acceptors (Lipinski definition) is 2. The minimum Gasteiger partial charge on any atom is -0.337 e. The average Bonchev–Trinajstić information content (AvgIpc) is 3.13. The van der Waals surface area contributed by atoms with Crippen LogP contribution in [0.25, 0.3) is 0 Å². The molecule has 2 heterocycles. The summed E-state index contributed by atoms with van der Waals surface area (Å²) in [5.41, 5.74) is 2.88. The van der Waals surface area contributed by atoms with Crippen LogP contribution in [0, 0.1) is 5.92 Å². The van der Waals surface area contributed by atoms with Crippen LogP contribution in [0.3, 0.4) is 0 Å². The van der Waals surface area contributed by atoms with Gasteiger partial charge in [-0.25, -0.2) is 0 Å². The second-order valence-electron chi connectivity index (χ2n) is 7.03. The topological polar surface area (TPSA) is 38.1 Å². The van der Waals surface area contributed by atoms with E-state index < -0.39 is 0 Å². The lowest BCUT2D eigenvalue weighted by molar-refractivity contribution is 0.0780. The van der Waals surface area contributed by atoms with Gasteiger partial charge < -0.3 is 4.90 Å². The highest BCUT2D eigenvalue weighted by atomic mass is 35.5. The maximum Gasteiger partial charge on any atom is 0.272 e. The van der Waals surface area contributed by atoms with E-state index in [1.54, 1.807) is 4.68 Å². The van der Waals surface area contributed by atoms with Crippen LogP contribution in [0.15, 0.2) is 30.3 Å². The molecule has 1 aromatic heterocycles. The molecule has 128 valence electrons. The SMILES string of the molecule is CC(C)Cc1cc(C(=O)N2CCC(c3cccc(Cl)c3)C2)n(C)n1. The Morgan fingerprint density at radius 1 is 1.38 bits per heavy atom. The fourth-order valence-electron chi connectivity index (χ4n) is 3.38. The number of halogens is 1. The van der Waals surface area contributed by atoms with Gasteiger partial charge in [0.15, 0.2) is 0 Å². The zero-order valence-corrected chi connectivity index (χ0v) is 15.3. The van der Waals surface area contributed by atoms with Crippen LogP contribution in [-0.2, 0) is 13.5 Å². The van der Waals surface area contributed by atoms with Crippen LogP contribution in [-0.4, -0.2) is 33.7 Å². The van der Waals surface area contributed by atoms with Crippen molar-refractivity contribution in [2.75, 3.05) is 13.1 Å². The number of aromatic nitrogens is 2. The van der Waals surface area contributed by atoms with Gasteiger partial charge in [0.05, 0.1) is 5.69 Å². The van der Waals surface area contributed by atoms with Gasteiger partial charge >= 0.3 is 0 Å². The molecule has 1 amide bonds. The predicted molar refractivity (Wildman–Crippen MR) is 96.5 cm³/mol. The fourth-order valence-corrected chi connectivity index (χ4v) is 3.58. The first-order chi connectivity index (χ1) is 11.4. The highest BCUT2D eigenvalue weighted by molar-refractivity contribution is 6.30. The molecule has 0 radical (unpaired) electrons. The van der Waals surface area contributed by atoms with E-state index in [2.05, 4.69) is 25.0 Å². The van der Waals surface area contributed by atoms with Gasteiger partial charge in [0, 0.05) is 31.1 Å². The Morgan fingerprint density at radius 2 is 2.17 bits per heavy atom. The van der Waals surface area contributed by atoms with Gasteiger partial charge in [-0.1, -0.05) is 37.6 Å². The lowest BCUT2D eigenvalue weighted by Gasteiger charge is -2.16. The highest BCUT2D eigenvalue weighted by Gasteiger charge is 2.29. The summed E-state index contributed by atoms with van der Waals surface area (Å²) in [6.45, 7) is 5.84. The third-order valence-corrected chi connectivity index (χ3v) is 4.80. The highest BCUT2D eigenvalue weighted by Crippen LogP contribution is 2.29. The molecule has 0 N–H and O–H groups in total. The summed E-state index contributed by atoms with van der Waals surface area (Å²) < 4.78 is 1.72. The van der Waals surface area contributed by atoms with E-state index >= 15 is 0 Å². The van der Waals surface area contributed by atoms with Crippen molar-refractivity contribution < 1.29 is 4.79 Å². The summed E-state index contributed by atoms with van der Waals surface area (Å²) in [5.74, 6) is 0.961. The average molecular weight is 346 g/mol. The van der Waals surface area contributed by atoms with Crippen LogP contribution >= 0.6 is 11.6 Å². The van der Waals surface area contributed by atoms with Crippen molar-refractivity contribution in [2.24, 2.45) is 13.0 Å². The van der Waals surface area contributed by atoms with Crippen molar-refractivity contribution in [2.45, 2.75) is 32.6 Å². The van der Waals surface area contributed by atoms with E-state index in [-0.39, 0.29) is 5.91 Å². The molecule has 1 saturated heterocycles. The zero-order valence-electron chi connectivity index (χ0n) is 14.5. The third-order valence-electron chi connectivity index (χ3n) is 4.56. The van der Waals surface area contributed by atoms with Crippen molar-refractivity contribution in [3.05, 3.63) is 52.3 Å². The van der Waals surface area contributed by atoms with Crippen LogP contribution in [0.1, 0.15) is 47.9 Å². The first-order valence-corrected chi connectivity index (χ1v) is 8.89. The Kier molecular flexibility index (Phi) is 4.95. The maximum atomic E-state index is 12.8. The summed E-state index contributed by atoms with van der Waals surface area (Å²) in [6.07, 6.45) is 1.87. The summed E-state index contributed by atoms with van der Waals surface area (Å²) in [7, 11) is 1.85. The zero-order chi connectivity index (χ0) is 17.3. The summed E-state index contributed by atoms with van der Waals surface area (Å²) in [5, 5.41) is 5.24. The van der Waals surface area contributed by atoms with Gasteiger partial charge in [0.25, 0.3) is 5.91 Å². The van der Waals surface area contributed by atoms with E-state index in [9.17, 15) is 4.79 Å². The van der Waals surface area contributed by atoms with Gasteiger partial charge in [-0.15, -0.1) is 0 Å². The van der Waals surface area contributed by atoms with E-state index in [0.29, 0.717) is 17.5 Å². The largest absolute Gasteiger partial charge is 0.337 e. The molecule has 1 unspecified atom stereocenters. The quantitative estimate of drug-likeness (QED) is 0.842. The molecule has 0 spiro atoms. The molecule has 3 rings (SSSR count). The predicted octanol–water partition coefficient (Wildman–Crippen LogP) is 3.90. The standard InChI is InChI=1S/C19H24ClN3O/c1-13(2)9-17-11-18(22(3)21-17)19(24)23-8-7-15(12-23)14-5-4-6-16(20)10-14/h4-6,10-11,13,15H,7-9,12H2,1-3H3. The number of hydrogen-bond donors (Lipinski definition) is 0. The number of benzene rings is 1. The fraction of sp³-hybridized carbons (Fsp3) is 0.474. The van der Waals surface area contributed by atoms with Gasteiger partial charge in [0.1, 0.15) is 5.69 Å². The van der Waals surface area contributed by atoms with Crippen molar-refractivity contribution in [1.29, 1.82) is 0 Å². The van der Waals surface area contributed by atoms with Gasteiger partial charge in [0.2, 0.25) is 0 Å². The molecule has 2 aromatic rings. The minimum atomic E-state index is 0.0736. The van der Waals surface area contributed by atoms with Crippen molar-refractivity contribution in [3.63, 3.8) is 0 Å². The Balaban J connectivity index is 1.71. The maximum absolute atomic E-state index is 12.8. The molecule has 1 aromatic carbocycles. The number of aryl methyl sites for hydroxylation is 1. The monoisotopic (exact) mass is 345 g/mol. The van der Waals surface area contributed by atoms with Crippen molar-refractivity contribution in [1.82, 2.24) is 14.7 Å². The first kappa shape index (κ1) is 17.0. The molecule has 0 aliphatic carbocycles. The van der Waals surface area contributed by atoms with Gasteiger partial charge in [-0.3, -0.25) is 9.48 Å². The number of carbonyl (C=O) groups is 1. The van der Waals surface area contributed by atoms with Crippen LogP contribution in [0.4, 0.5) is 0 Å². The lowest BCUT2D eigenvalue weighted by atomic mass is 9.99. The first-order valence-electron chi connectivity index (χ1n) is 8.51. The van der Waals surface area contributed by atoms with E-state index in [1.807, 2.05) is 36.2 Å². The van der Waals surface area contributed by atoms with E-state index in [1.165, 1.54) is 5.56 Å². The third kappa shape index (κ3) is 3.64. The minimum absolute atomic E-state index is 0.0736. The molecule has 0 saturated carbocycles. The number of rotatable bonds is 4. The van der Waals surface area contributed by atoms with Crippen LogP contribution < -0.4 is 0 Å². The smallest absolute Gasteiger partial charge is 0.272 e. The van der Waals surface area contributed by atoms with E-state index in [4.69, 9.17) is 11.6 Å². The Hall–Kier alpha value is -1.81. The number of carbonyl (C=O) groups excluding carboxylic acids is 1. The second-order valence-corrected chi connectivity index (χ2v) is 7.47. The molecular formula is C19H24ClN3O. The molecule has 1 aliphatic rings. The molecule has 24 heavy (non-hydrogen) atoms. The Labute approximate surface area is 148 Å². The summed E-state index contributed by atoms with van der Waals surface area (Å²) >= 11 is 6.09. The van der Waals surface area contributed by atoms with Crippen LogP contribution in [0.2, 0.25) is 5.02 Å². The lowest BCUT2D eigenvalue weighted by Crippen LogP contribution is -2.30. The molecule has 1 aliphatic heterocycles. The Bertz CT molecular complexity index is 738. The summed E-state index contributed by atoms with van der Waals surface area (Å²) in [6, 6.07) is 9.89. The van der Waals surface area contributed by atoms with Crippen molar-refractivity contribution >= 4 is 17.5 Å². The number of likely N-dealkylation sites (tertiary alicyclic amines) is 1. The van der Waals surface area contributed by atoms with E-state index in [0.717, 1.165) is 36.6 Å². The van der Waals surface area contributed by atoms with Crippen LogP contribution in [0.5, 0.6) is 0 Å². The second kappa shape index (κ2) is 6.98. The van der Waals surface area contributed by atoms with Gasteiger partial charge in [-0.2, -0.15) is 5.10 Å². The normalized spacial score (nSPS) is 17.7. The molecule has 1 fully saturated rings.